The zero-order chi connectivity index (χ0) is 13.8. The molecule has 0 bridgehead atoms. The highest BCUT2D eigenvalue weighted by Gasteiger charge is 2.08. The van der Waals surface area contributed by atoms with Crippen LogP contribution in [0.5, 0.6) is 0 Å². The summed E-state index contributed by atoms with van der Waals surface area (Å²) in [7, 11) is 0. The van der Waals surface area contributed by atoms with Crippen LogP contribution in [0.1, 0.15) is 9.75 Å². The third-order valence-electron chi connectivity index (χ3n) is 2.54. The average Bonchev–Trinajstić information content (AvgIpc) is 2.80. The molecule has 0 unspecified atom stereocenters. The van der Waals surface area contributed by atoms with Gasteiger partial charge in [-0.15, -0.1) is 17.9 Å². The Kier molecular flexibility index (Phi) is 4.55. The molecular weight excluding hydrogens is 326 g/mol. The van der Waals surface area contributed by atoms with Crippen LogP contribution in [0.2, 0.25) is 0 Å². The van der Waals surface area contributed by atoms with Crippen molar-refractivity contribution >= 4 is 33.0 Å². The van der Waals surface area contributed by atoms with Crippen molar-refractivity contribution in [3.63, 3.8) is 0 Å². The number of anilines is 1. The zero-order valence-corrected chi connectivity index (χ0v) is 12.9. The van der Waals surface area contributed by atoms with Crippen molar-refractivity contribution in [1.29, 1.82) is 0 Å². The lowest BCUT2D eigenvalue weighted by Crippen LogP contribution is -2.23. The summed E-state index contributed by atoms with van der Waals surface area (Å²) in [6.45, 7) is 6.76. The Morgan fingerprint density at radius 1 is 1.58 bits per heavy atom. The molecule has 2 aromatic rings. The molecule has 0 saturated carbocycles. The summed E-state index contributed by atoms with van der Waals surface area (Å²) in [5.41, 5.74) is 0.545. The van der Waals surface area contributed by atoms with Gasteiger partial charge in [-0.1, -0.05) is 6.08 Å². The minimum Gasteiger partial charge on any atom is -0.378 e. The summed E-state index contributed by atoms with van der Waals surface area (Å²) in [4.78, 5) is 14.5. The fourth-order valence-electron chi connectivity index (χ4n) is 1.60. The number of nitrogens with one attached hydrogen (secondary N) is 1. The van der Waals surface area contributed by atoms with Crippen molar-refractivity contribution in [3.8, 4) is 0 Å². The highest BCUT2D eigenvalue weighted by atomic mass is 79.9. The Morgan fingerprint density at radius 3 is 3.00 bits per heavy atom. The quantitative estimate of drug-likeness (QED) is 0.851. The summed E-state index contributed by atoms with van der Waals surface area (Å²) in [5.74, 6) is 0. The Morgan fingerprint density at radius 2 is 2.37 bits per heavy atom. The van der Waals surface area contributed by atoms with Gasteiger partial charge in [-0.3, -0.25) is 4.79 Å². The number of thiophene rings is 1. The van der Waals surface area contributed by atoms with Gasteiger partial charge in [0.1, 0.15) is 4.47 Å². The van der Waals surface area contributed by atoms with Crippen LogP contribution in [0.15, 0.2) is 40.3 Å². The third kappa shape index (κ3) is 3.33. The molecule has 19 heavy (non-hydrogen) atoms. The fourth-order valence-corrected chi connectivity index (χ4v) is 2.88. The lowest BCUT2D eigenvalue weighted by molar-refractivity contribution is 0.649. The van der Waals surface area contributed by atoms with Crippen molar-refractivity contribution in [2.24, 2.45) is 0 Å². The highest BCUT2D eigenvalue weighted by molar-refractivity contribution is 9.10. The molecule has 100 valence electrons. The van der Waals surface area contributed by atoms with Crippen LogP contribution in [0, 0.1) is 6.92 Å². The van der Waals surface area contributed by atoms with Gasteiger partial charge in [0.05, 0.1) is 18.4 Å². The molecule has 0 amide bonds. The van der Waals surface area contributed by atoms with Crippen LogP contribution >= 0.6 is 27.3 Å². The smallest absolute Gasteiger partial charge is 0.283 e. The van der Waals surface area contributed by atoms with E-state index in [1.54, 1.807) is 23.6 Å². The SMILES string of the molecule is C=CCn1ncc(NCc2ccc(C)s2)c(Br)c1=O. The lowest BCUT2D eigenvalue weighted by atomic mass is 10.4. The molecule has 0 aromatic carbocycles. The molecule has 0 atom stereocenters. The van der Waals surface area contributed by atoms with Gasteiger partial charge in [-0.05, 0) is 35.0 Å². The van der Waals surface area contributed by atoms with Gasteiger partial charge in [0.2, 0.25) is 0 Å². The van der Waals surface area contributed by atoms with Crippen LogP contribution in [-0.2, 0) is 13.1 Å². The van der Waals surface area contributed by atoms with E-state index in [1.807, 2.05) is 0 Å². The monoisotopic (exact) mass is 339 g/mol. The molecule has 0 radical (unpaired) electrons. The van der Waals surface area contributed by atoms with Gasteiger partial charge in [-0.25, -0.2) is 4.68 Å². The van der Waals surface area contributed by atoms with E-state index in [0.29, 0.717) is 23.2 Å². The van der Waals surface area contributed by atoms with Gasteiger partial charge in [0.25, 0.3) is 5.56 Å². The highest BCUT2D eigenvalue weighted by Crippen LogP contribution is 2.20. The first-order chi connectivity index (χ1) is 9.11. The van der Waals surface area contributed by atoms with Crippen molar-refractivity contribution in [3.05, 3.63) is 55.6 Å². The molecule has 6 heteroatoms. The Hall–Kier alpha value is -1.40. The normalized spacial score (nSPS) is 10.4. The molecule has 0 saturated heterocycles. The predicted molar refractivity (Wildman–Crippen MR) is 82.8 cm³/mol. The molecule has 0 aliphatic rings. The number of aryl methyl sites for hydroxylation is 1. The van der Waals surface area contributed by atoms with E-state index >= 15 is 0 Å². The number of allylic oxidation sites excluding steroid dienone is 1. The van der Waals surface area contributed by atoms with Gasteiger partial charge < -0.3 is 5.32 Å². The first-order valence-electron chi connectivity index (χ1n) is 5.77. The summed E-state index contributed by atoms with van der Waals surface area (Å²) < 4.78 is 1.86. The molecule has 2 heterocycles. The Bertz CT molecular complexity index is 648. The number of aromatic nitrogens is 2. The van der Waals surface area contributed by atoms with Crippen molar-refractivity contribution in [2.75, 3.05) is 5.32 Å². The van der Waals surface area contributed by atoms with Crippen molar-refractivity contribution < 1.29 is 0 Å². The largest absolute Gasteiger partial charge is 0.378 e. The van der Waals surface area contributed by atoms with Crippen LogP contribution < -0.4 is 10.9 Å². The van der Waals surface area contributed by atoms with E-state index in [2.05, 4.69) is 52.0 Å². The molecular formula is C13H14BrN3OS. The minimum absolute atomic E-state index is 0.160. The van der Waals surface area contributed by atoms with Crippen LogP contribution in [-0.4, -0.2) is 9.78 Å². The van der Waals surface area contributed by atoms with Gasteiger partial charge in [0, 0.05) is 16.3 Å². The maximum absolute atomic E-state index is 12.0. The summed E-state index contributed by atoms with van der Waals surface area (Å²) in [6, 6.07) is 4.16. The van der Waals surface area contributed by atoms with Crippen molar-refractivity contribution in [2.45, 2.75) is 20.0 Å². The van der Waals surface area contributed by atoms with E-state index in [1.165, 1.54) is 14.4 Å². The molecule has 2 aromatic heterocycles. The summed E-state index contributed by atoms with van der Waals surface area (Å²) in [6.07, 6.45) is 3.29. The second kappa shape index (κ2) is 6.16. The summed E-state index contributed by atoms with van der Waals surface area (Å²) in [5, 5.41) is 7.30. The topological polar surface area (TPSA) is 46.9 Å². The third-order valence-corrected chi connectivity index (χ3v) is 4.30. The van der Waals surface area contributed by atoms with E-state index in [-0.39, 0.29) is 5.56 Å². The first-order valence-corrected chi connectivity index (χ1v) is 7.38. The van der Waals surface area contributed by atoms with E-state index in [0.717, 1.165) is 0 Å². The molecule has 1 N–H and O–H groups in total. The van der Waals surface area contributed by atoms with Gasteiger partial charge >= 0.3 is 0 Å². The Labute approximate surface area is 123 Å². The maximum atomic E-state index is 12.0. The number of nitrogens with zero attached hydrogens (tertiary/aromatic N) is 2. The number of rotatable bonds is 5. The standard InChI is InChI=1S/C13H14BrN3OS/c1-3-6-17-13(18)12(14)11(8-16-17)15-7-10-5-4-9(2)19-10/h3-5,8,15H,1,6-7H2,2H3. The second-order valence-electron chi connectivity index (χ2n) is 4.01. The van der Waals surface area contributed by atoms with Crippen molar-refractivity contribution in [1.82, 2.24) is 9.78 Å². The van der Waals surface area contributed by atoms with E-state index in [9.17, 15) is 4.79 Å². The second-order valence-corrected chi connectivity index (χ2v) is 6.18. The van der Waals surface area contributed by atoms with E-state index < -0.39 is 0 Å². The first kappa shape index (κ1) is 14.0. The molecule has 0 spiro atoms. The van der Waals surface area contributed by atoms with E-state index in [4.69, 9.17) is 0 Å². The van der Waals surface area contributed by atoms with Crippen LogP contribution in [0.3, 0.4) is 0 Å². The Balaban J connectivity index is 2.15. The van der Waals surface area contributed by atoms with Crippen LogP contribution in [0.4, 0.5) is 5.69 Å². The zero-order valence-electron chi connectivity index (χ0n) is 10.5. The van der Waals surface area contributed by atoms with Gasteiger partial charge in [-0.2, -0.15) is 5.10 Å². The number of hydrogen-bond donors (Lipinski definition) is 1. The predicted octanol–water partition coefficient (Wildman–Crippen LogP) is 3.17. The van der Waals surface area contributed by atoms with Crippen LogP contribution in [0.25, 0.3) is 0 Å². The molecule has 4 nitrogen and oxygen atoms in total. The fraction of sp³-hybridized carbons (Fsp3) is 0.231. The summed E-state index contributed by atoms with van der Waals surface area (Å²) >= 11 is 5.05. The van der Waals surface area contributed by atoms with Gasteiger partial charge in [0.15, 0.2) is 0 Å². The maximum Gasteiger partial charge on any atom is 0.283 e. The molecule has 0 aliphatic heterocycles. The molecule has 0 fully saturated rings. The number of hydrogen-bond acceptors (Lipinski definition) is 4. The number of halogens is 1. The molecule has 2 rings (SSSR count). The lowest BCUT2D eigenvalue weighted by Gasteiger charge is -2.08. The average molecular weight is 340 g/mol. The molecule has 0 aliphatic carbocycles. The minimum atomic E-state index is -0.160.